The van der Waals surface area contributed by atoms with Crippen LogP contribution in [0.1, 0.15) is 10.7 Å². The van der Waals surface area contributed by atoms with Crippen LogP contribution in [0, 0.1) is 6.92 Å². The zero-order valence-electron chi connectivity index (χ0n) is 8.33. The first-order valence-corrected chi connectivity index (χ1v) is 6.32. The van der Waals surface area contributed by atoms with Gasteiger partial charge in [-0.3, -0.25) is 0 Å². The van der Waals surface area contributed by atoms with Crippen LogP contribution in [0.15, 0.2) is 34.1 Å². The van der Waals surface area contributed by atoms with E-state index in [9.17, 15) is 0 Å². The first kappa shape index (κ1) is 10.6. The summed E-state index contributed by atoms with van der Waals surface area (Å²) >= 11 is 5.12. The van der Waals surface area contributed by atoms with Crippen molar-refractivity contribution in [3.8, 4) is 0 Å². The lowest BCUT2D eigenvalue weighted by Crippen LogP contribution is -1.99. The number of hydrogen-bond acceptors (Lipinski definition) is 3. The van der Waals surface area contributed by atoms with Crippen molar-refractivity contribution >= 4 is 33.0 Å². The third-order valence-electron chi connectivity index (χ3n) is 1.96. The van der Waals surface area contributed by atoms with Gasteiger partial charge in [0.25, 0.3) is 0 Å². The van der Waals surface area contributed by atoms with E-state index < -0.39 is 0 Å². The Morgan fingerprint density at radius 3 is 3.00 bits per heavy atom. The second kappa shape index (κ2) is 4.77. The fraction of sp³-hybridized carbons (Fsp3) is 0.182. The lowest BCUT2D eigenvalue weighted by Gasteiger charge is -2.04. The highest BCUT2D eigenvalue weighted by Gasteiger charge is 1.98. The van der Waals surface area contributed by atoms with E-state index >= 15 is 0 Å². The third kappa shape index (κ3) is 3.04. The number of aryl methyl sites for hydroxylation is 1. The Morgan fingerprint density at radius 1 is 1.47 bits per heavy atom. The highest BCUT2D eigenvalue weighted by Crippen LogP contribution is 2.16. The molecule has 0 amide bonds. The number of rotatable bonds is 3. The summed E-state index contributed by atoms with van der Waals surface area (Å²) in [5.41, 5.74) is 2.20. The van der Waals surface area contributed by atoms with Crippen molar-refractivity contribution in [3.63, 3.8) is 0 Å². The minimum Gasteiger partial charge on any atom is -0.379 e. The fourth-order valence-corrected chi connectivity index (χ4v) is 2.29. The molecule has 0 aliphatic heterocycles. The van der Waals surface area contributed by atoms with Crippen molar-refractivity contribution in [1.82, 2.24) is 4.98 Å². The summed E-state index contributed by atoms with van der Waals surface area (Å²) in [6.45, 7) is 2.80. The highest BCUT2D eigenvalue weighted by atomic mass is 79.9. The molecule has 4 heteroatoms. The highest BCUT2D eigenvalue weighted by molar-refractivity contribution is 9.10. The molecule has 0 saturated carbocycles. The van der Waals surface area contributed by atoms with Crippen LogP contribution in [0.5, 0.6) is 0 Å². The summed E-state index contributed by atoms with van der Waals surface area (Å²) in [7, 11) is 0. The summed E-state index contributed by atoms with van der Waals surface area (Å²) in [6.07, 6.45) is 0. The second-order valence-electron chi connectivity index (χ2n) is 3.22. The van der Waals surface area contributed by atoms with Crippen LogP contribution < -0.4 is 5.32 Å². The summed E-state index contributed by atoms with van der Waals surface area (Å²) in [5.74, 6) is 0. The van der Waals surface area contributed by atoms with Crippen LogP contribution in [-0.2, 0) is 6.54 Å². The van der Waals surface area contributed by atoms with Crippen molar-refractivity contribution in [3.05, 3.63) is 44.8 Å². The van der Waals surface area contributed by atoms with Crippen molar-refractivity contribution in [2.45, 2.75) is 13.5 Å². The van der Waals surface area contributed by atoms with E-state index in [0.29, 0.717) is 0 Å². The average Bonchev–Trinajstić information content (AvgIpc) is 2.62. The van der Waals surface area contributed by atoms with Gasteiger partial charge in [0.15, 0.2) is 0 Å². The van der Waals surface area contributed by atoms with Gasteiger partial charge in [0.1, 0.15) is 0 Å². The average molecular weight is 283 g/mol. The lowest BCUT2D eigenvalue weighted by molar-refractivity contribution is 1.05. The van der Waals surface area contributed by atoms with Gasteiger partial charge in [-0.15, -0.1) is 11.3 Å². The van der Waals surface area contributed by atoms with Gasteiger partial charge in [-0.1, -0.05) is 22.0 Å². The van der Waals surface area contributed by atoms with E-state index in [4.69, 9.17) is 0 Å². The van der Waals surface area contributed by atoms with E-state index in [2.05, 4.69) is 37.7 Å². The Hall–Kier alpha value is -0.870. The molecule has 1 aromatic carbocycles. The standard InChI is InChI=1S/C11H11BrN2S/c1-8-14-11(7-15-8)6-13-10-4-2-3-9(12)5-10/h2-5,7,13H,6H2,1H3. The van der Waals surface area contributed by atoms with Crippen LogP contribution in [0.25, 0.3) is 0 Å². The fourth-order valence-electron chi connectivity index (χ4n) is 1.28. The predicted molar refractivity (Wildman–Crippen MR) is 68.3 cm³/mol. The molecule has 2 nitrogen and oxygen atoms in total. The van der Waals surface area contributed by atoms with Gasteiger partial charge in [0.05, 0.1) is 17.2 Å². The van der Waals surface area contributed by atoms with Gasteiger partial charge in [-0.05, 0) is 25.1 Å². The van der Waals surface area contributed by atoms with Gasteiger partial charge in [-0.25, -0.2) is 4.98 Å². The molecule has 1 heterocycles. The van der Waals surface area contributed by atoms with E-state index in [1.54, 1.807) is 11.3 Å². The number of hydrogen-bond donors (Lipinski definition) is 1. The summed E-state index contributed by atoms with van der Waals surface area (Å²) in [5, 5.41) is 6.52. The van der Waals surface area contributed by atoms with Crippen LogP contribution in [0.3, 0.4) is 0 Å². The summed E-state index contributed by atoms with van der Waals surface area (Å²) in [4.78, 5) is 4.39. The maximum Gasteiger partial charge on any atom is 0.0898 e. The maximum absolute atomic E-state index is 4.39. The van der Waals surface area contributed by atoms with Gasteiger partial charge in [0.2, 0.25) is 0 Å². The molecule has 1 N–H and O–H groups in total. The molecular formula is C11H11BrN2S. The van der Waals surface area contributed by atoms with Crippen molar-refractivity contribution in [1.29, 1.82) is 0 Å². The molecule has 2 aromatic rings. The topological polar surface area (TPSA) is 24.9 Å². The molecule has 0 spiro atoms. The molecule has 0 aliphatic rings. The Bertz CT molecular complexity index is 453. The zero-order chi connectivity index (χ0) is 10.7. The van der Waals surface area contributed by atoms with Crippen molar-refractivity contribution in [2.24, 2.45) is 0 Å². The van der Waals surface area contributed by atoms with E-state index in [-0.39, 0.29) is 0 Å². The molecule has 2 rings (SSSR count). The molecule has 0 saturated heterocycles. The van der Waals surface area contributed by atoms with Gasteiger partial charge in [0, 0.05) is 15.5 Å². The molecule has 0 unspecified atom stereocenters. The first-order valence-electron chi connectivity index (χ1n) is 4.64. The number of benzene rings is 1. The normalized spacial score (nSPS) is 10.3. The Balaban J connectivity index is 1.99. The van der Waals surface area contributed by atoms with Crippen LogP contribution in [0.2, 0.25) is 0 Å². The SMILES string of the molecule is Cc1nc(CNc2cccc(Br)c2)cs1. The number of anilines is 1. The number of halogens is 1. The molecule has 0 aliphatic carbocycles. The molecule has 0 bridgehead atoms. The molecule has 15 heavy (non-hydrogen) atoms. The quantitative estimate of drug-likeness (QED) is 0.926. The smallest absolute Gasteiger partial charge is 0.0898 e. The Morgan fingerprint density at radius 2 is 2.33 bits per heavy atom. The summed E-state index contributed by atoms with van der Waals surface area (Å²) < 4.78 is 1.09. The monoisotopic (exact) mass is 282 g/mol. The predicted octanol–water partition coefficient (Wildman–Crippen LogP) is 3.83. The van der Waals surface area contributed by atoms with Crippen molar-refractivity contribution < 1.29 is 0 Å². The number of aromatic nitrogens is 1. The molecule has 0 atom stereocenters. The molecule has 78 valence electrons. The molecule has 0 radical (unpaired) electrons. The molecular weight excluding hydrogens is 272 g/mol. The van der Waals surface area contributed by atoms with Gasteiger partial charge >= 0.3 is 0 Å². The van der Waals surface area contributed by atoms with E-state index in [1.807, 2.05) is 25.1 Å². The third-order valence-corrected chi connectivity index (χ3v) is 3.28. The largest absolute Gasteiger partial charge is 0.379 e. The van der Waals surface area contributed by atoms with Crippen LogP contribution in [-0.4, -0.2) is 4.98 Å². The van der Waals surface area contributed by atoms with Crippen molar-refractivity contribution in [2.75, 3.05) is 5.32 Å². The molecule has 0 fully saturated rings. The summed E-state index contributed by atoms with van der Waals surface area (Å²) in [6, 6.07) is 8.13. The van der Waals surface area contributed by atoms with Crippen LogP contribution >= 0.6 is 27.3 Å². The minimum absolute atomic E-state index is 0.779. The number of nitrogens with one attached hydrogen (secondary N) is 1. The van der Waals surface area contributed by atoms with Gasteiger partial charge < -0.3 is 5.32 Å². The zero-order valence-corrected chi connectivity index (χ0v) is 10.7. The Labute approximate surface area is 101 Å². The van der Waals surface area contributed by atoms with Crippen LogP contribution in [0.4, 0.5) is 5.69 Å². The number of nitrogens with zero attached hydrogens (tertiary/aromatic N) is 1. The maximum atomic E-state index is 4.39. The van der Waals surface area contributed by atoms with E-state index in [0.717, 1.165) is 27.4 Å². The Kier molecular flexibility index (Phi) is 3.38. The number of thiazole rings is 1. The van der Waals surface area contributed by atoms with Gasteiger partial charge in [-0.2, -0.15) is 0 Å². The second-order valence-corrected chi connectivity index (χ2v) is 5.20. The van der Waals surface area contributed by atoms with E-state index in [1.165, 1.54) is 0 Å². The first-order chi connectivity index (χ1) is 7.24. The lowest BCUT2D eigenvalue weighted by atomic mass is 10.3. The molecule has 1 aromatic heterocycles. The minimum atomic E-state index is 0.779.